The van der Waals surface area contributed by atoms with Crippen molar-refractivity contribution in [1.29, 1.82) is 0 Å². The predicted octanol–water partition coefficient (Wildman–Crippen LogP) is 2.04. The Morgan fingerprint density at radius 2 is 2.13 bits per heavy atom. The van der Waals surface area contributed by atoms with Crippen LogP contribution in [0.2, 0.25) is 5.02 Å². The molecule has 23 heavy (non-hydrogen) atoms. The van der Waals surface area contributed by atoms with Gasteiger partial charge in [0.25, 0.3) is 0 Å². The number of halogens is 1. The van der Waals surface area contributed by atoms with Crippen molar-refractivity contribution in [2.45, 2.75) is 12.5 Å². The van der Waals surface area contributed by atoms with Crippen LogP contribution < -0.4 is 5.32 Å². The monoisotopic (exact) mass is 332 g/mol. The highest BCUT2D eigenvalue weighted by Gasteiger charge is 2.36. The van der Waals surface area contributed by atoms with E-state index in [1.54, 1.807) is 9.58 Å². The maximum atomic E-state index is 12.8. The maximum Gasteiger partial charge on any atom is 0.227 e. The summed E-state index contributed by atoms with van der Waals surface area (Å²) in [5, 5.41) is 8.27. The summed E-state index contributed by atoms with van der Waals surface area (Å²) in [5.74, 6) is 0.305. The van der Waals surface area contributed by atoms with E-state index in [9.17, 15) is 4.79 Å². The molecule has 0 aliphatic carbocycles. The van der Waals surface area contributed by atoms with Gasteiger partial charge in [-0.1, -0.05) is 23.7 Å². The third-order valence-corrected chi connectivity index (χ3v) is 4.65. The number of benzene rings is 1. The Hall–Kier alpha value is -1.85. The number of hydrogen-bond acceptors (Lipinski definition) is 3. The molecule has 1 saturated heterocycles. The number of aryl methyl sites for hydroxylation is 1. The van der Waals surface area contributed by atoms with Gasteiger partial charge in [0.15, 0.2) is 0 Å². The van der Waals surface area contributed by atoms with E-state index in [0.717, 1.165) is 17.7 Å². The molecule has 6 heteroatoms. The Morgan fingerprint density at radius 1 is 1.39 bits per heavy atom. The van der Waals surface area contributed by atoms with Crippen molar-refractivity contribution in [3.05, 3.63) is 52.8 Å². The molecule has 1 fully saturated rings. The van der Waals surface area contributed by atoms with Gasteiger partial charge in [-0.15, -0.1) is 0 Å². The first-order chi connectivity index (χ1) is 11.0. The molecule has 0 saturated carbocycles. The molecule has 3 rings (SSSR count). The second-order valence-corrected chi connectivity index (χ2v) is 6.58. The lowest BCUT2D eigenvalue weighted by Crippen LogP contribution is -2.35. The molecule has 122 valence electrons. The van der Waals surface area contributed by atoms with Crippen LogP contribution in [0.3, 0.4) is 0 Å². The fourth-order valence-corrected chi connectivity index (χ4v) is 3.27. The standard InChI is InChI=1S/C17H21ClN4O/c1-21(10-12-3-5-14(18)6-4-12)17(23)16-9-19-8-15(16)13-7-20-22(2)11-13/h3-7,11,15-16,19H,8-10H2,1-2H3/t15-,16+/m1/s1. The highest BCUT2D eigenvalue weighted by Crippen LogP contribution is 2.29. The molecule has 2 heterocycles. The van der Waals surface area contributed by atoms with Crippen LogP contribution in [0.25, 0.3) is 0 Å². The summed E-state index contributed by atoms with van der Waals surface area (Å²) in [5.41, 5.74) is 2.20. The fraction of sp³-hybridized carbons (Fsp3) is 0.412. The quantitative estimate of drug-likeness (QED) is 0.932. The summed E-state index contributed by atoms with van der Waals surface area (Å²) in [7, 11) is 3.75. The Bertz CT molecular complexity index is 682. The molecule has 0 unspecified atom stereocenters. The van der Waals surface area contributed by atoms with Crippen molar-refractivity contribution in [1.82, 2.24) is 20.0 Å². The molecule has 1 amide bonds. The van der Waals surface area contributed by atoms with E-state index in [2.05, 4.69) is 10.4 Å². The average Bonchev–Trinajstić information content (AvgIpc) is 3.17. The van der Waals surface area contributed by atoms with Crippen LogP contribution in [-0.2, 0) is 18.4 Å². The van der Waals surface area contributed by atoms with Crippen molar-refractivity contribution in [2.75, 3.05) is 20.1 Å². The zero-order chi connectivity index (χ0) is 16.4. The molecule has 1 aromatic carbocycles. The summed E-state index contributed by atoms with van der Waals surface area (Å²) in [6.45, 7) is 2.12. The Morgan fingerprint density at radius 3 is 2.78 bits per heavy atom. The molecule has 1 aliphatic rings. The molecule has 1 N–H and O–H groups in total. The van der Waals surface area contributed by atoms with Gasteiger partial charge in [-0.2, -0.15) is 5.10 Å². The third kappa shape index (κ3) is 3.57. The Kier molecular flexibility index (Phi) is 4.68. The SMILES string of the molecule is CN(Cc1ccc(Cl)cc1)C(=O)[C@H]1CNC[C@@H]1c1cnn(C)c1. The zero-order valence-electron chi connectivity index (χ0n) is 13.4. The fourth-order valence-electron chi connectivity index (χ4n) is 3.14. The lowest BCUT2D eigenvalue weighted by molar-refractivity contribution is -0.134. The van der Waals surface area contributed by atoms with Gasteiger partial charge in [-0.3, -0.25) is 9.48 Å². The second-order valence-electron chi connectivity index (χ2n) is 6.14. The van der Waals surface area contributed by atoms with E-state index in [4.69, 9.17) is 11.6 Å². The number of aromatic nitrogens is 2. The molecule has 0 spiro atoms. The molecule has 2 aromatic rings. The third-order valence-electron chi connectivity index (χ3n) is 4.39. The summed E-state index contributed by atoms with van der Waals surface area (Å²) >= 11 is 5.91. The summed E-state index contributed by atoms with van der Waals surface area (Å²) in [6, 6.07) is 7.62. The van der Waals surface area contributed by atoms with Gasteiger partial charge in [0.1, 0.15) is 0 Å². The van der Waals surface area contributed by atoms with Gasteiger partial charge in [-0.05, 0) is 23.3 Å². The van der Waals surface area contributed by atoms with E-state index in [-0.39, 0.29) is 17.7 Å². The van der Waals surface area contributed by atoms with Gasteiger partial charge >= 0.3 is 0 Å². The van der Waals surface area contributed by atoms with Gasteiger partial charge in [0.2, 0.25) is 5.91 Å². The van der Waals surface area contributed by atoms with Crippen molar-refractivity contribution >= 4 is 17.5 Å². The molecule has 5 nitrogen and oxygen atoms in total. The average molecular weight is 333 g/mol. The van der Waals surface area contributed by atoms with Crippen molar-refractivity contribution in [3.8, 4) is 0 Å². The van der Waals surface area contributed by atoms with Gasteiger partial charge < -0.3 is 10.2 Å². The maximum absolute atomic E-state index is 12.8. The van der Waals surface area contributed by atoms with Crippen molar-refractivity contribution in [2.24, 2.45) is 13.0 Å². The minimum absolute atomic E-state index is 0.0449. The Labute approximate surface area is 141 Å². The van der Waals surface area contributed by atoms with Crippen LogP contribution in [0.4, 0.5) is 0 Å². The normalized spacial score (nSPS) is 20.7. The number of nitrogens with zero attached hydrogens (tertiary/aromatic N) is 3. The smallest absolute Gasteiger partial charge is 0.227 e. The Balaban J connectivity index is 1.69. The van der Waals surface area contributed by atoms with E-state index in [1.807, 2.05) is 50.8 Å². The van der Waals surface area contributed by atoms with E-state index in [1.165, 1.54) is 0 Å². The van der Waals surface area contributed by atoms with Crippen LogP contribution >= 0.6 is 11.6 Å². The molecule has 1 aliphatic heterocycles. The molecule has 1 aromatic heterocycles. The minimum atomic E-state index is -0.0449. The summed E-state index contributed by atoms with van der Waals surface area (Å²) in [4.78, 5) is 14.6. The van der Waals surface area contributed by atoms with Crippen molar-refractivity contribution in [3.63, 3.8) is 0 Å². The van der Waals surface area contributed by atoms with Crippen molar-refractivity contribution < 1.29 is 4.79 Å². The van der Waals surface area contributed by atoms with E-state index >= 15 is 0 Å². The topological polar surface area (TPSA) is 50.2 Å². The van der Waals surface area contributed by atoms with Crippen LogP contribution in [0.1, 0.15) is 17.0 Å². The first-order valence-electron chi connectivity index (χ1n) is 7.73. The lowest BCUT2D eigenvalue weighted by atomic mass is 9.90. The van der Waals surface area contributed by atoms with E-state index < -0.39 is 0 Å². The summed E-state index contributed by atoms with van der Waals surface area (Å²) < 4.78 is 1.78. The van der Waals surface area contributed by atoms with Crippen LogP contribution in [0.5, 0.6) is 0 Å². The van der Waals surface area contributed by atoms with Crippen LogP contribution in [-0.4, -0.2) is 40.7 Å². The lowest BCUT2D eigenvalue weighted by Gasteiger charge is -2.24. The number of carbonyl (C=O) groups is 1. The largest absolute Gasteiger partial charge is 0.341 e. The molecular formula is C17H21ClN4O. The number of nitrogens with one attached hydrogen (secondary N) is 1. The first kappa shape index (κ1) is 16.0. The predicted molar refractivity (Wildman–Crippen MR) is 90.2 cm³/mol. The highest BCUT2D eigenvalue weighted by atomic mass is 35.5. The minimum Gasteiger partial charge on any atom is -0.341 e. The zero-order valence-corrected chi connectivity index (χ0v) is 14.1. The van der Waals surface area contributed by atoms with E-state index in [0.29, 0.717) is 18.1 Å². The van der Waals surface area contributed by atoms with Crippen LogP contribution in [0.15, 0.2) is 36.7 Å². The molecule has 0 bridgehead atoms. The second kappa shape index (κ2) is 6.72. The van der Waals surface area contributed by atoms with Gasteiger partial charge in [0, 0.05) is 50.9 Å². The van der Waals surface area contributed by atoms with Crippen LogP contribution in [0, 0.1) is 5.92 Å². The molecule has 2 atom stereocenters. The number of amides is 1. The number of rotatable bonds is 4. The number of hydrogen-bond donors (Lipinski definition) is 1. The first-order valence-corrected chi connectivity index (χ1v) is 8.11. The highest BCUT2D eigenvalue weighted by molar-refractivity contribution is 6.30. The number of carbonyl (C=O) groups excluding carboxylic acids is 1. The summed E-state index contributed by atoms with van der Waals surface area (Å²) in [6.07, 6.45) is 3.86. The molecular weight excluding hydrogens is 312 g/mol. The van der Waals surface area contributed by atoms with Gasteiger partial charge in [0.05, 0.1) is 12.1 Å². The van der Waals surface area contributed by atoms with Gasteiger partial charge in [-0.25, -0.2) is 0 Å². The molecule has 0 radical (unpaired) electrons.